The zero-order chi connectivity index (χ0) is 15.1. The van der Waals surface area contributed by atoms with Gasteiger partial charge in [0.25, 0.3) is 0 Å². The lowest BCUT2D eigenvalue weighted by atomic mass is 10.2. The highest BCUT2D eigenvalue weighted by Crippen LogP contribution is 2.26. The Morgan fingerprint density at radius 2 is 2.14 bits per heavy atom. The van der Waals surface area contributed by atoms with Crippen molar-refractivity contribution in [3.8, 4) is 11.5 Å². The standard InChI is InChI=1S/C16H24N2O3/c1-17-12-13-6-5-10-18(13)16(19)9-11-21-15-8-4-3-7-14(15)20-2/h3-4,7-8,13,17H,5-6,9-12H2,1-2H3. The second-order valence-corrected chi connectivity index (χ2v) is 5.19. The third-order valence-electron chi connectivity index (χ3n) is 3.78. The molecule has 1 amide bonds. The highest BCUT2D eigenvalue weighted by atomic mass is 16.5. The smallest absolute Gasteiger partial charge is 0.226 e. The van der Waals surface area contributed by atoms with E-state index in [-0.39, 0.29) is 5.91 Å². The van der Waals surface area contributed by atoms with Gasteiger partial charge in [-0.3, -0.25) is 4.79 Å². The lowest BCUT2D eigenvalue weighted by Gasteiger charge is -2.24. The number of likely N-dealkylation sites (N-methyl/N-ethyl adjacent to an activating group) is 1. The molecule has 0 aromatic heterocycles. The molecule has 1 saturated heterocycles. The van der Waals surface area contributed by atoms with E-state index in [0.29, 0.717) is 30.6 Å². The maximum atomic E-state index is 12.3. The molecule has 0 saturated carbocycles. The van der Waals surface area contributed by atoms with Gasteiger partial charge in [-0.2, -0.15) is 0 Å². The summed E-state index contributed by atoms with van der Waals surface area (Å²) in [7, 11) is 3.53. The van der Waals surface area contributed by atoms with E-state index >= 15 is 0 Å². The van der Waals surface area contributed by atoms with Crippen molar-refractivity contribution in [2.45, 2.75) is 25.3 Å². The molecule has 21 heavy (non-hydrogen) atoms. The van der Waals surface area contributed by atoms with E-state index in [1.165, 1.54) is 0 Å². The van der Waals surface area contributed by atoms with E-state index in [9.17, 15) is 4.79 Å². The molecule has 0 spiro atoms. The van der Waals surface area contributed by atoms with Gasteiger partial charge in [-0.05, 0) is 32.0 Å². The summed E-state index contributed by atoms with van der Waals surface area (Å²) in [5.41, 5.74) is 0. The van der Waals surface area contributed by atoms with E-state index in [2.05, 4.69) is 5.32 Å². The summed E-state index contributed by atoms with van der Waals surface area (Å²) >= 11 is 0. The number of methoxy groups -OCH3 is 1. The monoisotopic (exact) mass is 292 g/mol. The molecule has 0 bridgehead atoms. The molecule has 1 fully saturated rings. The van der Waals surface area contributed by atoms with Gasteiger partial charge in [-0.15, -0.1) is 0 Å². The first kappa shape index (κ1) is 15.6. The number of nitrogens with zero attached hydrogens (tertiary/aromatic N) is 1. The maximum absolute atomic E-state index is 12.3. The lowest BCUT2D eigenvalue weighted by Crippen LogP contribution is -2.41. The zero-order valence-corrected chi connectivity index (χ0v) is 12.8. The molecule has 0 aliphatic carbocycles. The van der Waals surface area contributed by atoms with Crippen LogP contribution >= 0.6 is 0 Å². The summed E-state index contributed by atoms with van der Waals surface area (Å²) in [5, 5.41) is 3.15. The molecule has 1 aromatic rings. The van der Waals surface area contributed by atoms with Gasteiger partial charge >= 0.3 is 0 Å². The van der Waals surface area contributed by atoms with E-state index in [1.54, 1.807) is 7.11 Å². The van der Waals surface area contributed by atoms with E-state index in [0.717, 1.165) is 25.9 Å². The fourth-order valence-corrected chi connectivity index (χ4v) is 2.74. The van der Waals surface area contributed by atoms with Gasteiger partial charge in [-0.25, -0.2) is 0 Å². The summed E-state index contributed by atoms with van der Waals surface area (Å²) < 4.78 is 10.9. The second-order valence-electron chi connectivity index (χ2n) is 5.19. The first-order valence-electron chi connectivity index (χ1n) is 7.46. The molecule has 1 aromatic carbocycles. The van der Waals surface area contributed by atoms with Crippen molar-refractivity contribution in [1.29, 1.82) is 0 Å². The molecule has 1 aliphatic rings. The molecular formula is C16H24N2O3. The number of amides is 1. The maximum Gasteiger partial charge on any atom is 0.226 e. The third-order valence-corrected chi connectivity index (χ3v) is 3.78. The molecule has 5 nitrogen and oxygen atoms in total. The Balaban J connectivity index is 1.81. The number of rotatable bonds is 7. The Kier molecular flexibility index (Phi) is 5.87. The lowest BCUT2D eigenvalue weighted by molar-refractivity contribution is -0.132. The number of para-hydroxylation sites is 2. The summed E-state index contributed by atoms with van der Waals surface area (Å²) in [6, 6.07) is 7.81. The van der Waals surface area contributed by atoms with Crippen molar-refractivity contribution in [3.63, 3.8) is 0 Å². The van der Waals surface area contributed by atoms with E-state index < -0.39 is 0 Å². The van der Waals surface area contributed by atoms with Crippen LogP contribution in [0.4, 0.5) is 0 Å². The zero-order valence-electron chi connectivity index (χ0n) is 12.8. The Bertz CT molecular complexity index is 465. The molecule has 1 unspecified atom stereocenters. The van der Waals surface area contributed by atoms with Crippen molar-refractivity contribution < 1.29 is 14.3 Å². The fraction of sp³-hybridized carbons (Fsp3) is 0.562. The number of nitrogens with one attached hydrogen (secondary N) is 1. The van der Waals surface area contributed by atoms with Crippen molar-refractivity contribution in [2.24, 2.45) is 0 Å². The van der Waals surface area contributed by atoms with Crippen LogP contribution in [0.15, 0.2) is 24.3 Å². The van der Waals surface area contributed by atoms with Crippen LogP contribution in [0, 0.1) is 0 Å². The van der Waals surface area contributed by atoms with Crippen LogP contribution in [-0.2, 0) is 4.79 Å². The fourth-order valence-electron chi connectivity index (χ4n) is 2.74. The number of hydrogen-bond acceptors (Lipinski definition) is 4. The van der Waals surface area contributed by atoms with Crippen molar-refractivity contribution >= 4 is 5.91 Å². The largest absolute Gasteiger partial charge is 0.493 e. The molecule has 1 aliphatic heterocycles. The number of benzene rings is 1. The van der Waals surface area contributed by atoms with Gasteiger partial charge < -0.3 is 19.7 Å². The Hall–Kier alpha value is -1.75. The topological polar surface area (TPSA) is 50.8 Å². The van der Waals surface area contributed by atoms with Crippen molar-refractivity contribution in [1.82, 2.24) is 10.2 Å². The minimum Gasteiger partial charge on any atom is -0.493 e. The van der Waals surface area contributed by atoms with Crippen LogP contribution in [0.3, 0.4) is 0 Å². The number of likely N-dealkylation sites (tertiary alicyclic amines) is 1. The Labute approximate surface area is 126 Å². The van der Waals surface area contributed by atoms with Crippen molar-refractivity contribution in [2.75, 3.05) is 33.9 Å². The van der Waals surface area contributed by atoms with Crippen LogP contribution in [0.2, 0.25) is 0 Å². The predicted octanol–water partition coefficient (Wildman–Crippen LogP) is 1.67. The molecule has 1 heterocycles. The highest BCUT2D eigenvalue weighted by Gasteiger charge is 2.27. The van der Waals surface area contributed by atoms with Gasteiger partial charge in [0.15, 0.2) is 11.5 Å². The molecule has 5 heteroatoms. The predicted molar refractivity (Wildman–Crippen MR) is 81.8 cm³/mol. The first-order valence-corrected chi connectivity index (χ1v) is 7.46. The number of carbonyl (C=O) groups is 1. The van der Waals surface area contributed by atoms with Crippen LogP contribution in [0.5, 0.6) is 11.5 Å². The van der Waals surface area contributed by atoms with Gasteiger partial charge in [0.05, 0.1) is 20.1 Å². The average molecular weight is 292 g/mol. The molecule has 1 N–H and O–H groups in total. The van der Waals surface area contributed by atoms with Crippen LogP contribution < -0.4 is 14.8 Å². The third kappa shape index (κ3) is 4.11. The molecule has 2 rings (SSSR count). The molecule has 0 radical (unpaired) electrons. The summed E-state index contributed by atoms with van der Waals surface area (Å²) in [5.74, 6) is 1.54. The van der Waals surface area contributed by atoms with Gasteiger partial charge in [0, 0.05) is 19.1 Å². The summed E-state index contributed by atoms with van der Waals surface area (Å²) in [4.78, 5) is 14.2. The van der Waals surface area contributed by atoms with Gasteiger partial charge in [0.2, 0.25) is 5.91 Å². The Morgan fingerprint density at radius 3 is 2.86 bits per heavy atom. The summed E-state index contributed by atoms with van der Waals surface area (Å²) in [6.07, 6.45) is 2.57. The van der Waals surface area contributed by atoms with E-state index in [4.69, 9.17) is 9.47 Å². The number of ether oxygens (including phenoxy) is 2. The minimum absolute atomic E-state index is 0.169. The van der Waals surface area contributed by atoms with Crippen LogP contribution in [0.25, 0.3) is 0 Å². The SMILES string of the molecule is CNCC1CCCN1C(=O)CCOc1ccccc1OC. The first-order chi connectivity index (χ1) is 10.3. The minimum atomic E-state index is 0.169. The highest BCUT2D eigenvalue weighted by molar-refractivity contribution is 5.77. The van der Waals surface area contributed by atoms with Crippen LogP contribution in [0.1, 0.15) is 19.3 Å². The van der Waals surface area contributed by atoms with Gasteiger partial charge in [0.1, 0.15) is 0 Å². The molecular weight excluding hydrogens is 268 g/mol. The Morgan fingerprint density at radius 1 is 1.38 bits per heavy atom. The average Bonchev–Trinajstić information content (AvgIpc) is 2.96. The molecule has 1 atom stereocenters. The second kappa shape index (κ2) is 7.88. The van der Waals surface area contributed by atoms with E-state index in [1.807, 2.05) is 36.2 Å². The number of hydrogen-bond donors (Lipinski definition) is 1. The normalized spacial score (nSPS) is 17.8. The van der Waals surface area contributed by atoms with Crippen molar-refractivity contribution in [3.05, 3.63) is 24.3 Å². The summed E-state index contributed by atoms with van der Waals surface area (Å²) in [6.45, 7) is 2.10. The van der Waals surface area contributed by atoms with Crippen LogP contribution in [-0.4, -0.2) is 50.7 Å². The quantitative estimate of drug-likeness (QED) is 0.830. The van der Waals surface area contributed by atoms with Gasteiger partial charge in [-0.1, -0.05) is 12.1 Å². The molecule has 116 valence electrons. The number of carbonyl (C=O) groups excluding carboxylic acids is 1.